The molecule has 1 aromatic rings. The fraction of sp³-hybridized carbons (Fsp3) is 0.500. The van der Waals surface area contributed by atoms with Gasteiger partial charge in [-0.2, -0.15) is 0 Å². The summed E-state index contributed by atoms with van der Waals surface area (Å²) < 4.78 is 0. The number of carbonyl (C=O) groups excluding carboxylic acids is 1. The number of amides is 1. The van der Waals surface area contributed by atoms with Crippen molar-refractivity contribution in [1.82, 2.24) is 4.90 Å². The van der Waals surface area contributed by atoms with Crippen LogP contribution in [0.25, 0.3) is 0 Å². The summed E-state index contributed by atoms with van der Waals surface area (Å²) in [6.07, 6.45) is 0.793. The second-order valence-corrected chi connectivity index (χ2v) is 4.18. The van der Waals surface area contributed by atoms with E-state index in [1.54, 1.807) is 0 Å². The minimum Gasteiger partial charge on any atom is -0.369 e. The monoisotopic (exact) mass is 270 g/mol. The van der Waals surface area contributed by atoms with E-state index < -0.39 is 0 Å². The molecule has 0 aliphatic heterocycles. The fourth-order valence-electron chi connectivity index (χ4n) is 2.01. The van der Waals surface area contributed by atoms with Gasteiger partial charge in [-0.1, -0.05) is 44.2 Å². The predicted octanol–water partition coefficient (Wildman–Crippen LogP) is 2.41. The lowest BCUT2D eigenvalue weighted by molar-refractivity contribution is -0.119. The minimum absolute atomic E-state index is 0. The molecule has 0 spiro atoms. The van der Waals surface area contributed by atoms with Crippen LogP contribution in [0.1, 0.15) is 31.7 Å². The van der Waals surface area contributed by atoms with Crippen molar-refractivity contribution in [1.29, 1.82) is 0 Å². The van der Waals surface area contributed by atoms with Crippen molar-refractivity contribution in [3.8, 4) is 0 Å². The smallest absolute Gasteiger partial charge is 0.225 e. The molecule has 0 aromatic heterocycles. The Kier molecular flexibility index (Phi) is 8.42. The molecule has 3 nitrogen and oxygen atoms in total. The average Bonchev–Trinajstić information content (AvgIpc) is 2.35. The molecule has 102 valence electrons. The van der Waals surface area contributed by atoms with E-state index in [0.29, 0.717) is 0 Å². The Balaban J connectivity index is 0.00000289. The molecule has 0 saturated heterocycles. The molecule has 0 heterocycles. The van der Waals surface area contributed by atoms with Gasteiger partial charge in [0.1, 0.15) is 0 Å². The van der Waals surface area contributed by atoms with Gasteiger partial charge in [-0.15, -0.1) is 12.4 Å². The van der Waals surface area contributed by atoms with E-state index in [4.69, 9.17) is 5.73 Å². The van der Waals surface area contributed by atoms with Crippen molar-refractivity contribution in [3.05, 3.63) is 35.9 Å². The van der Waals surface area contributed by atoms with Crippen LogP contribution in [0.4, 0.5) is 0 Å². The number of nitrogens with two attached hydrogens (primary N) is 1. The average molecular weight is 271 g/mol. The molecule has 1 amide bonds. The highest BCUT2D eigenvalue weighted by Crippen LogP contribution is 2.19. The summed E-state index contributed by atoms with van der Waals surface area (Å²) in [4.78, 5) is 13.8. The molecule has 2 N–H and O–H groups in total. The second kappa shape index (κ2) is 8.95. The SMILES string of the molecule is CCN(CC)CCC(C(N)=O)c1ccccc1.Cl. The quantitative estimate of drug-likeness (QED) is 0.827. The van der Waals surface area contributed by atoms with Gasteiger partial charge in [0.2, 0.25) is 5.91 Å². The first-order valence-electron chi connectivity index (χ1n) is 6.25. The predicted molar refractivity (Wildman–Crippen MR) is 78.0 cm³/mol. The molecule has 1 atom stereocenters. The Morgan fingerprint density at radius 2 is 1.78 bits per heavy atom. The Bertz CT molecular complexity index is 339. The zero-order valence-electron chi connectivity index (χ0n) is 11.1. The normalized spacial score (nSPS) is 11.9. The van der Waals surface area contributed by atoms with Crippen molar-refractivity contribution in [2.24, 2.45) is 5.73 Å². The molecule has 0 bridgehead atoms. The standard InChI is InChI=1S/C14H22N2O.ClH/c1-3-16(4-2)11-10-13(14(15)17)12-8-6-5-7-9-12;/h5-9,13H,3-4,10-11H2,1-2H3,(H2,15,17);1H. The van der Waals surface area contributed by atoms with Gasteiger partial charge in [0.05, 0.1) is 5.92 Å². The van der Waals surface area contributed by atoms with Gasteiger partial charge in [-0.05, 0) is 31.6 Å². The Hall–Kier alpha value is -1.06. The maximum atomic E-state index is 11.5. The van der Waals surface area contributed by atoms with E-state index in [1.807, 2.05) is 30.3 Å². The third-order valence-corrected chi connectivity index (χ3v) is 3.17. The number of halogens is 1. The van der Waals surface area contributed by atoms with E-state index in [0.717, 1.165) is 31.6 Å². The van der Waals surface area contributed by atoms with E-state index in [1.165, 1.54) is 0 Å². The topological polar surface area (TPSA) is 46.3 Å². The zero-order valence-corrected chi connectivity index (χ0v) is 12.0. The van der Waals surface area contributed by atoms with Crippen molar-refractivity contribution < 1.29 is 4.79 Å². The molecule has 4 heteroatoms. The molecule has 1 aromatic carbocycles. The van der Waals surface area contributed by atoms with Crippen molar-refractivity contribution in [3.63, 3.8) is 0 Å². The van der Waals surface area contributed by atoms with Crippen molar-refractivity contribution in [2.45, 2.75) is 26.2 Å². The molecule has 0 fully saturated rings. The number of rotatable bonds is 7. The van der Waals surface area contributed by atoms with E-state index in [2.05, 4.69) is 18.7 Å². The van der Waals surface area contributed by atoms with Crippen LogP contribution in [0.3, 0.4) is 0 Å². The number of carbonyl (C=O) groups is 1. The highest BCUT2D eigenvalue weighted by Gasteiger charge is 2.17. The van der Waals surface area contributed by atoms with Crippen LogP contribution in [0.15, 0.2) is 30.3 Å². The molecule has 0 saturated carbocycles. The third-order valence-electron chi connectivity index (χ3n) is 3.17. The highest BCUT2D eigenvalue weighted by molar-refractivity contribution is 5.85. The molecule has 0 aliphatic carbocycles. The molecular formula is C14H23ClN2O. The summed E-state index contributed by atoms with van der Waals surface area (Å²) >= 11 is 0. The first kappa shape index (κ1) is 16.9. The summed E-state index contributed by atoms with van der Waals surface area (Å²) in [5.41, 5.74) is 6.50. The van der Waals surface area contributed by atoms with Gasteiger partial charge < -0.3 is 10.6 Å². The van der Waals surface area contributed by atoms with Gasteiger partial charge in [-0.25, -0.2) is 0 Å². The summed E-state index contributed by atoms with van der Waals surface area (Å²) in [5.74, 6) is -0.403. The largest absolute Gasteiger partial charge is 0.369 e. The van der Waals surface area contributed by atoms with E-state index >= 15 is 0 Å². The maximum Gasteiger partial charge on any atom is 0.225 e. The first-order chi connectivity index (χ1) is 8.19. The number of hydrogen-bond donors (Lipinski definition) is 1. The summed E-state index contributed by atoms with van der Waals surface area (Å²) in [7, 11) is 0. The summed E-state index contributed by atoms with van der Waals surface area (Å²) in [5, 5.41) is 0. The third kappa shape index (κ3) is 5.07. The molecule has 1 unspecified atom stereocenters. The number of benzene rings is 1. The van der Waals surface area contributed by atoms with Crippen molar-refractivity contribution >= 4 is 18.3 Å². The zero-order chi connectivity index (χ0) is 12.7. The summed E-state index contributed by atoms with van der Waals surface area (Å²) in [6, 6.07) is 9.78. The Morgan fingerprint density at radius 3 is 2.22 bits per heavy atom. The fourth-order valence-corrected chi connectivity index (χ4v) is 2.01. The second-order valence-electron chi connectivity index (χ2n) is 4.18. The van der Waals surface area contributed by atoms with Crippen LogP contribution in [0, 0.1) is 0 Å². The summed E-state index contributed by atoms with van der Waals surface area (Å²) in [6.45, 7) is 7.19. The lowest BCUT2D eigenvalue weighted by Gasteiger charge is -2.21. The van der Waals surface area contributed by atoms with Crippen LogP contribution in [-0.2, 0) is 4.79 Å². The minimum atomic E-state index is -0.233. The van der Waals surface area contributed by atoms with Crippen LogP contribution in [-0.4, -0.2) is 30.4 Å². The van der Waals surface area contributed by atoms with E-state index in [-0.39, 0.29) is 24.2 Å². The Morgan fingerprint density at radius 1 is 1.22 bits per heavy atom. The molecule has 0 aliphatic rings. The molecule has 18 heavy (non-hydrogen) atoms. The van der Waals surface area contributed by atoms with Crippen LogP contribution >= 0.6 is 12.4 Å². The van der Waals surface area contributed by atoms with Gasteiger partial charge in [0.25, 0.3) is 0 Å². The number of nitrogens with zero attached hydrogens (tertiary/aromatic N) is 1. The van der Waals surface area contributed by atoms with E-state index in [9.17, 15) is 4.79 Å². The number of primary amides is 1. The van der Waals surface area contributed by atoms with Gasteiger partial charge >= 0.3 is 0 Å². The molecular weight excluding hydrogens is 248 g/mol. The molecule has 1 rings (SSSR count). The molecule has 0 radical (unpaired) electrons. The first-order valence-corrected chi connectivity index (χ1v) is 6.25. The lowest BCUT2D eigenvalue weighted by Crippen LogP contribution is -2.29. The van der Waals surface area contributed by atoms with Gasteiger partial charge in [0.15, 0.2) is 0 Å². The Labute approximate surface area is 116 Å². The highest BCUT2D eigenvalue weighted by atomic mass is 35.5. The van der Waals surface area contributed by atoms with Crippen LogP contribution < -0.4 is 5.73 Å². The lowest BCUT2D eigenvalue weighted by atomic mass is 9.95. The van der Waals surface area contributed by atoms with Gasteiger partial charge in [0, 0.05) is 0 Å². The van der Waals surface area contributed by atoms with Crippen molar-refractivity contribution in [2.75, 3.05) is 19.6 Å². The van der Waals surface area contributed by atoms with Crippen LogP contribution in [0.2, 0.25) is 0 Å². The maximum absolute atomic E-state index is 11.5. The number of hydrogen-bond acceptors (Lipinski definition) is 2. The van der Waals surface area contributed by atoms with Gasteiger partial charge in [-0.3, -0.25) is 4.79 Å². The van der Waals surface area contributed by atoms with Crippen LogP contribution in [0.5, 0.6) is 0 Å².